The first kappa shape index (κ1) is 27.2. The van der Waals surface area contributed by atoms with Crippen LogP contribution in [-0.2, 0) is 28.0 Å². The van der Waals surface area contributed by atoms with Gasteiger partial charge in [0.05, 0.1) is 24.3 Å². The maximum Gasteiger partial charge on any atom is 0.433 e. The summed E-state index contributed by atoms with van der Waals surface area (Å²) in [6.07, 6.45) is -16.8. The summed E-state index contributed by atoms with van der Waals surface area (Å²) in [5, 5.41) is 2.12. The number of anilines is 1. The minimum Gasteiger partial charge on any atom is -0.382 e. The van der Waals surface area contributed by atoms with Gasteiger partial charge in [0.1, 0.15) is 0 Å². The number of ether oxygens (including phenoxy) is 2. The van der Waals surface area contributed by atoms with Crippen molar-refractivity contribution in [3.63, 3.8) is 0 Å². The fraction of sp³-hybridized carbons (Fsp3) is 0.368. The fourth-order valence-corrected chi connectivity index (χ4v) is 2.70. The zero-order valence-corrected chi connectivity index (χ0v) is 17.1. The van der Waals surface area contributed by atoms with Crippen LogP contribution in [-0.4, -0.2) is 29.9 Å². The van der Waals surface area contributed by atoms with Crippen molar-refractivity contribution in [2.45, 2.75) is 24.8 Å². The van der Waals surface area contributed by atoms with Crippen molar-refractivity contribution in [3.05, 3.63) is 63.6 Å². The Labute approximate surface area is 185 Å². The van der Waals surface area contributed by atoms with Crippen LogP contribution in [0.5, 0.6) is 0 Å². The second-order valence-corrected chi connectivity index (χ2v) is 6.54. The molecule has 0 saturated heterocycles. The van der Waals surface area contributed by atoms with Crippen LogP contribution in [0.3, 0.4) is 0 Å². The maximum absolute atomic E-state index is 13.6. The topological polar surface area (TPSA) is 65.4 Å². The number of halogens is 9. The summed E-state index contributed by atoms with van der Waals surface area (Å²) in [4.78, 5) is 15.2. The first-order valence-corrected chi connectivity index (χ1v) is 9.08. The van der Waals surface area contributed by atoms with Crippen LogP contribution in [0.2, 0.25) is 0 Å². The van der Waals surface area contributed by atoms with E-state index in [1.165, 1.54) is 7.11 Å². The van der Waals surface area contributed by atoms with Crippen molar-refractivity contribution in [3.8, 4) is 0 Å². The largest absolute Gasteiger partial charge is 0.433 e. The molecule has 1 N–H and O–H groups in total. The lowest BCUT2D eigenvalue weighted by Gasteiger charge is -2.25. The highest BCUT2D eigenvalue weighted by atomic mass is 19.4. The number of alkyl halides is 9. The van der Waals surface area contributed by atoms with Crippen LogP contribution >= 0.6 is 0 Å². The molecule has 0 bridgehead atoms. The summed E-state index contributed by atoms with van der Waals surface area (Å²) in [6.45, 7) is 2.61. The van der Waals surface area contributed by atoms with E-state index in [1.807, 2.05) is 0 Å². The van der Waals surface area contributed by atoms with E-state index in [9.17, 15) is 44.3 Å². The molecule has 1 aromatic carbocycles. The van der Waals surface area contributed by atoms with Gasteiger partial charge in [-0.25, -0.2) is 4.98 Å². The molecule has 15 heteroatoms. The molecule has 2 rings (SSSR count). The number of hydrogen-bond acceptors (Lipinski definition) is 5. The van der Waals surface area contributed by atoms with Crippen molar-refractivity contribution >= 4 is 12.1 Å². The number of methoxy groups -OCH3 is 1. The Balaban J connectivity index is 2.68. The van der Waals surface area contributed by atoms with Crippen molar-refractivity contribution in [1.29, 1.82) is 0 Å². The lowest BCUT2D eigenvalue weighted by molar-refractivity contribution is -0.144. The van der Waals surface area contributed by atoms with Gasteiger partial charge in [0.15, 0.2) is 11.9 Å². The van der Waals surface area contributed by atoms with E-state index < -0.39 is 65.3 Å². The molecule has 34 heavy (non-hydrogen) atoms. The second-order valence-electron chi connectivity index (χ2n) is 6.54. The summed E-state index contributed by atoms with van der Waals surface area (Å²) in [5.41, 5.74) is -7.23. The van der Waals surface area contributed by atoms with E-state index in [-0.39, 0.29) is 18.7 Å². The van der Waals surface area contributed by atoms with Gasteiger partial charge in [-0.05, 0) is 12.1 Å². The van der Waals surface area contributed by atoms with Gasteiger partial charge in [0, 0.05) is 24.9 Å². The lowest BCUT2D eigenvalue weighted by Crippen LogP contribution is -2.28. The number of hydrogen-bond donors (Lipinski definition) is 1. The standard InChI is InChI=1S/C19H16F9N3O3/c1-3-31-14(32)9-13(19(26,27)28)29-16(31)30-15(34-7-6-33-2)11-5-4-10(17(20,21)22)8-12(11)18(23,24)25/h3-5,8-9,15H,1,6-7H2,2H3,(H,29,30). The molecule has 0 aliphatic heterocycles. The molecule has 0 aliphatic carbocycles. The van der Waals surface area contributed by atoms with E-state index in [1.54, 1.807) is 0 Å². The molecule has 1 heterocycles. The Morgan fingerprint density at radius 3 is 2.18 bits per heavy atom. The molecule has 0 spiro atoms. The zero-order valence-electron chi connectivity index (χ0n) is 17.1. The third-order valence-corrected chi connectivity index (χ3v) is 4.23. The van der Waals surface area contributed by atoms with Gasteiger partial charge < -0.3 is 14.8 Å². The monoisotopic (exact) mass is 505 g/mol. The van der Waals surface area contributed by atoms with Gasteiger partial charge in [0.25, 0.3) is 5.56 Å². The molecule has 2 aromatic rings. The predicted molar refractivity (Wildman–Crippen MR) is 101 cm³/mol. The summed E-state index contributed by atoms with van der Waals surface area (Å²) < 4.78 is 130. The Morgan fingerprint density at radius 1 is 1.03 bits per heavy atom. The average molecular weight is 505 g/mol. The molecule has 188 valence electrons. The fourth-order valence-electron chi connectivity index (χ4n) is 2.70. The highest BCUT2D eigenvalue weighted by Crippen LogP contribution is 2.40. The van der Waals surface area contributed by atoms with Gasteiger partial charge in [-0.3, -0.25) is 9.36 Å². The van der Waals surface area contributed by atoms with Crippen molar-refractivity contribution in [2.75, 3.05) is 25.6 Å². The van der Waals surface area contributed by atoms with Gasteiger partial charge in [0.2, 0.25) is 5.95 Å². The quantitative estimate of drug-likeness (QED) is 0.305. The molecular weight excluding hydrogens is 489 g/mol. The minimum absolute atomic E-state index is 0.132. The van der Waals surface area contributed by atoms with E-state index in [0.717, 1.165) is 6.20 Å². The Hall–Kier alpha value is -3.07. The summed E-state index contributed by atoms with van der Waals surface area (Å²) in [6, 6.07) is 0.774. The average Bonchev–Trinajstić information content (AvgIpc) is 2.70. The van der Waals surface area contributed by atoms with Crippen molar-refractivity contribution < 1.29 is 49.0 Å². The summed E-state index contributed by atoms with van der Waals surface area (Å²) in [5.74, 6) is -0.912. The summed E-state index contributed by atoms with van der Waals surface area (Å²) >= 11 is 0. The highest BCUT2D eigenvalue weighted by molar-refractivity contribution is 5.43. The number of rotatable bonds is 8. The smallest absolute Gasteiger partial charge is 0.382 e. The number of aromatic nitrogens is 2. The molecule has 0 amide bonds. The van der Waals surface area contributed by atoms with E-state index in [2.05, 4.69) is 16.9 Å². The highest BCUT2D eigenvalue weighted by Gasteiger charge is 2.40. The van der Waals surface area contributed by atoms with E-state index in [0.29, 0.717) is 16.7 Å². The molecule has 0 fully saturated rings. The predicted octanol–water partition coefficient (Wildman–Crippen LogP) is 5.17. The van der Waals surface area contributed by atoms with E-state index in [4.69, 9.17) is 9.47 Å². The van der Waals surface area contributed by atoms with Gasteiger partial charge in [-0.2, -0.15) is 39.5 Å². The Kier molecular flexibility index (Phi) is 8.03. The molecule has 0 saturated carbocycles. The summed E-state index contributed by atoms with van der Waals surface area (Å²) in [7, 11) is 1.22. The van der Waals surface area contributed by atoms with Gasteiger partial charge in [-0.1, -0.05) is 12.6 Å². The first-order chi connectivity index (χ1) is 15.6. The molecule has 0 radical (unpaired) electrons. The van der Waals surface area contributed by atoms with Crippen LogP contribution in [0.4, 0.5) is 45.5 Å². The molecule has 0 aliphatic rings. The van der Waals surface area contributed by atoms with Crippen LogP contribution in [0.1, 0.15) is 28.6 Å². The molecule has 1 aromatic heterocycles. The van der Waals surface area contributed by atoms with E-state index >= 15 is 0 Å². The first-order valence-electron chi connectivity index (χ1n) is 9.08. The minimum atomic E-state index is -5.31. The Bertz CT molecular complexity index is 1080. The second kappa shape index (κ2) is 10.0. The number of nitrogens with one attached hydrogen (secondary N) is 1. The number of nitrogens with zero attached hydrogens (tertiary/aromatic N) is 2. The van der Waals surface area contributed by atoms with Gasteiger partial charge in [-0.15, -0.1) is 0 Å². The van der Waals surface area contributed by atoms with Crippen LogP contribution in [0.15, 0.2) is 35.6 Å². The third-order valence-electron chi connectivity index (χ3n) is 4.23. The lowest BCUT2D eigenvalue weighted by atomic mass is 10.0. The van der Waals surface area contributed by atoms with Crippen molar-refractivity contribution in [2.24, 2.45) is 0 Å². The van der Waals surface area contributed by atoms with Crippen LogP contribution in [0.25, 0.3) is 6.20 Å². The van der Waals surface area contributed by atoms with Crippen molar-refractivity contribution in [1.82, 2.24) is 9.55 Å². The molecule has 6 nitrogen and oxygen atoms in total. The third kappa shape index (κ3) is 6.50. The molecular formula is C19H16F9N3O3. The number of benzene rings is 1. The van der Waals surface area contributed by atoms with Crippen LogP contribution in [0, 0.1) is 0 Å². The molecule has 1 unspecified atom stereocenters. The SMILES string of the molecule is C=Cn1c(NC(OCCOC)c2ccc(C(F)(F)F)cc2C(F)(F)F)nc(C(F)(F)F)cc1=O. The van der Waals surface area contributed by atoms with Crippen LogP contribution < -0.4 is 10.9 Å². The maximum atomic E-state index is 13.6. The van der Waals surface area contributed by atoms with Gasteiger partial charge >= 0.3 is 18.5 Å². The Morgan fingerprint density at radius 2 is 1.68 bits per heavy atom. The molecule has 1 atom stereocenters. The zero-order chi connectivity index (χ0) is 25.9. The normalized spacial score (nSPS) is 13.6.